The van der Waals surface area contributed by atoms with E-state index < -0.39 is 0 Å². The fourth-order valence-corrected chi connectivity index (χ4v) is 3.79. The Labute approximate surface area is 178 Å². The van der Waals surface area contributed by atoms with Gasteiger partial charge in [0.05, 0.1) is 16.1 Å². The number of hydrogen-bond acceptors (Lipinski definition) is 6. The number of nitrogens with zero attached hydrogens (tertiary/aromatic N) is 3. The lowest BCUT2D eigenvalue weighted by Crippen LogP contribution is -2.27. The van der Waals surface area contributed by atoms with Gasteiger partial charge in [-0.05, 0) is 43.2 Å². The number of phenols is 1. The number of carbonyl (C=O) groups excluding carboxylic acids is 1. The zero-order valence-corrected chi connectivity index (χ0v) is 16.9. The second kappa shape index (κ2) is 8.16. The SMILES string of the molecule is N=C(N)c1ccc(O)c(CNc2ncnc3cc(C(=O)N4CCCC4)c(Cl)cc23)c1. The average molecular weight is 425 g/mol. The zero-order chi connectivity index (χ0) is 21.3. The maximum atomic E-state index is 12.8. The van der Waals surface area contributed by atoms with Gasteiger partial charge in [0.2, 0.25) is 0 Å². The molecule has 5 N–H and O–H groups in total. The minimum absolute atomic E-state index is 0.0780. The van der Waals surface area contributed by atoms with Crippen molar-refractivity contribution in [2.45, 2.75) is 19.4 Å². The van der Waals surface area contributed by atoms with Crippen LogP contribution in [0.25, 0.3) is 10.9 Å². The molecule has 154 valence electrons. The number of halogens is 1. The Bertz CT molecular complexity index is 1140. The smallest absolute Gasteiger partial charge is 0.255 e. The summed E-state index contributed by atoms with van der Waals surface area (Å²) in [6, 6.07) is 8.11. The Balaban J connectivity index is 1.63. The van der Waals surface area contributed by atoms with E-state index in [1.165, 1.54) is 12.4 Å². The summed E-state index contributed by atoms with van der Waals surface area (Å²) < 4.78 is 0. The number of aromatic nitrogens is 2. The maximum Gasteiger partial charge on any atom is 0.255 e. The summed E-state index contributed by atoms with van der Waals surface area (Å²) >= 11 is 6.44. The molecule has 2 aromatic carbocycles. The number of fused-ring (bicyclic) bond motifs is 1. The van der Waals surface area contributed by atoms with Crippen molar-refractivity contribution in [2.24, 2.45) is 5.73 Å². The van der Waals surface area contributed by atoms with Crippen molar-refractivity contribution in [3.05, 3.63) is 58.4 Å². The summed E-state index contributed by atoms with van der Waals surface area (Å²) in [5.41, 5.74) is 7.65. The van der Waals surface area contributed by atoms with Crippen molar-refractivity contribution < 1.29 is 9.90 Å². The second-order valence-corrected chi connectivity index (χ2v) is 7.59. The van der Waals surface area contributed by atoms with Crippen molar-refractivity contribution in [3.8, 4) is 5.75 Å². The Morgan fingerprint density at radius 2 is 2.00 bits per heavy atom. The number of hydrogen-bond donors (Lipinski definition) is 4. The second-order valence-electron chi connectivity index (χ2n) is 7.18. The van der Waals surface area contributed by atoms with Crippen LogP contribution in [-0.4, -0.2) is 44.8 Å². The van der Waals surface area contributed by atoms with Crippen LogP contribution in [0.4, 0.5) is 5.82 Å². The molecule has 1 saturated heterocycles. The van der Waals surface area contributed by atoms with Gasteiger partial charge in [-0.1, -0.05) is 11.6 Å². The molecule has 4 rings (SSSR count). The van der Waals surface area contributed by atoms with Crippen LogP contribution >= 0.6 is 11.6 Å². The number of likely N-dealkylation sites (tertiary alicyclic amines) is 1. The van der Waals surface area contributed by atoms with Crippen LogP contribution in [0, 0.1) is 5.41 Å². The number of carbonyl (C=O) groups is 1. The molecule has 2 heterocycles. The fourth-order valence-electron chi connectivity index (χ4n) is 3.55. The Morgan fingerprint density at radius 3 is 2.73 bits per heavy atom. The third-order valence-corrected chi connectivity index (χ3v) is 5.50. The lowest BCUT2D eigenvalue weighted by molar-refractivity contribution is 0.0793. The van der Waals surface area contributed by atoms with Crippen LogP contribution in [0.15, 0.2) is 36.7 Å². The lowest BCUT2D eigenvalue weighted by atomic mass is 10.1. The molecular weight excluding hydrogens is 404 g/mol. The van der Waals surface area contributed by atoms with Gasteiger partial charge in [-0.2, -0.15) is 0 Å². The highest BCUT2D eigenvalue weighted by atomic mass is 35.5. The Hall–Kier alpha value is -3.39. The monoisotopic (exact) mass is 424 g/mol. The normalized spacial score (nSPS) is 13.6. The minimum Gasteiger partial charge on any atom is -0.508 e. The van der Waals surface area contributed by atoms with Gasteiger partial charge in [0, 0.05) is 36.1 Å². The number of amidine groups is 1. The third-order valence-electron chi connectivity index (χ3n) is 5.18. The summed E-state index contributed by atoms with van der Waals surface area (Å²) in [5.74, 6) is 0.446. The van der Waals surface area contributed by atoms with Crippen LogP contribution in [0.5, 0.6) is 5.75 Å². The Kier molecular flexibility index (Phi) is 5.41. The van der Waals surface area contributed by atoms with E-state index in [2.05, 4.69) is 15.3 Å². The predicted molar refractivity (Wildman–Crippen MR) is 116 cm³/mol. The number of aromatic hydroxyl groups is 1. The minimum atomic E-state index is -0.0847. The zero-order valence-electron chi connectivity index (χ0n) is 16.2. The van der Waals surface area contributed by atoms with Gasteiger partial charge in [0.25, 0.3) is 5.91 Å². The van der Waals surface area contributed by atoms with Crippen LogP contribution in [0.1, 0.15) is 34.3 Å². The molecule has 0 unspecified atom stereocenters. The van der Waals surface area contributed by atoms with Gasteiger partial charge in [0.15, 0.2) is 0 Å². The number of nitrogens with two attached hydrogens (primary N) is 1. The number of anilines is 1. The van der Waals surface area contributed by atoms with E-state index >= 15 is 0 Å². The lowest BCUT2D eigenvalue weighted by Gasteiger charge is -2.17. The molecule has 1 aromatic heterocycles. The van der Waals surface area contributed by atoms with Gasteiger partial charge in [-0.3, -0.25) is 10.2 Å². The largest absolute Gasteiger partial charge is 0.508 e. The van der Waals surface area contributed by atoms with Crippen LogP contribution in [0.2, 0.25) is 5.02 Å². The molecule has 1 amide bonds. The van der Waals surface area contributed by atoms with E-state index in [4.69, 9.17) is 22.7 Å². The molecule has 0 saturated carbocycles. The average Bonchev–Trinajstić information content (AvgIpc) is 3.27. The summed E-state index contributed by atoms with van der Waals surface area (Å²) in [7, 11) is 0. The van der Waals surface area contributed by atoms with E-state index in [1.54, 1.807) is 29.2 Å². The first-order valence-electron chi connectivity index (χ1n) is 9.57. The molecule has 0 bridgehead atoms. The van der Waals surface area contributed by atoms with Crippen molar-refractivity contribution in [1.82, 2.24) is 14.9 Å². The first kappa shape index (κ1) is 19.9. The number of benzene rings is 2. The maximum absolute atomic E-state index is 12.8. The van der Waals surface area contributed by atoms with Crippen LogP contribution < -0.4 is 11.1 Å². The summed E-state index contributed by atoms with van der Waals surface area (Å²) in [6.07, 6.45) is 3.42. The number of rotatable bonds is 5. The predicted octanol–water partition coefficient (Wildman–Crippen LogP) is 3.12. The van der Waals surface area contributed by atoms with Crippen molar-refractivity contribution >= 4 is 40.1 Å². The standard InChI is InChI=1S/C21H21ClN6O2/c22-16-8-15-17(9-14(16)21(30)28-5-1-2-6-28)26-11-27-20(15)25-10-13-7-12(19(23)24)3-4-18(13)29/h3-4,7-9,11,29H,1-2,5-6,10H2,(H3,23,24)(H,25,26,27). The van der Waals surface area contributed by atoms with Gasteiger partial charge < -0.3 is 21.1 Å². The van der Waals surface area contributed by atoms with Gasteiger partial charge in [-0.25, -0.2) is 9.97 Å². The molecule has 0 radical (unpaired) electrons. The van der Waals surface area contributed by atoms with Crippen molar-refractivity contribution in [3.63, 3.8) is 0 Å². The number of nitrogens with one attached hydrogen (secondary N) is 2. The number of amides is 1. The van der Waals surface area contributed by atoms with E-state index in [1.807, 2.05) is 0 Å². The van der Waals surface area contributed by atoms with E-state index in [9.17, 15) is 9.90 Å². The molecule has 0 aliphatic carbocycles. The van der Waals surface area contributed by atoms with Gasteiger partial charge in [-0.15, -0.1) is 0 Å². The first-order chi connectivity index (χ1) is 14.4. The van der Waals surface area contributed by atoms with Gasteiger partial charge in [0.1, 0.15) is 23.7 Å². The van der Waals surface area contributed by atoms with E-state index in [-0.39, 0.29) is 24.0 Å². The fraction of sp³-hybridized carbons (Fsp3) is 0.238. The summed E-state index contributed by atoms with van der Waals surface area (Å²) in [6.45, 7) is 1.74. The number of nitrogen functional groups attached to an aromatic ring is 1. The highest BCUT2D eigenvalue weighted by molar-refractivity contribution is 6.34. The first-order valence-corrected chi connectivity index (χ1v) is 9.95. The molecule has 8 nitrogen and oxygen atoms in total. The summed E-state index contributed by atoms with van der Waals surface area (Å²) in [4.78, 5) is 23.1. The van der Waals surface area contributed by atoms with Crippen LogP contribution in [0.3, 0.4) is 0 Å². The highest BCUT2D eigenvalue weighted by Gasteiger charge is 2.22. The molecule has 1 aliphatic heterocycles. The molecular formula is C21H21ClN6O2. The summed E-state index contributed by atoms with van der Waals surface area (Å²) in [5, 5.41) is 21.8. The molecule has 30 heavy (non-hydrogen) atoms. The molecule has 0 spiro atoms. The molecule has 1 aliphatic rings. The quantitative estimate of drug-likeness (QED) is 0.368. The van der Waals surface area contributed by atoms with E-state index in [0.717, 1.165) is 25.9 Å². The topological polar surface area (TPSA) is 128 Å². The Morgan fingerprint density at radius 1 is 1.23 bits per heavy atom. The molecule has 1 fully saturated rings. The van der Waals surface area contributed by atoms with Crippen molar-refractivity contribution in [2.75, 3.05) is 18.4 Å². The van der Waals surface area contributed by atoms with Crippen LogP contribution in [-0.2, 0) is 6.54 Å². The number of phenolic OH excluding ortho intramolecular Hbond substituents is 1. The van der Waals surface area contributed by atoms with Gasteiger partial charge >= 0.3 is 0 Å². The molecule has 3 aromatic rings. The van der Waals surface area contributed by atoms with Crippen molar-refractivity contribution in [1.29, 1.82) is 5.41 Å². The third kappa shape index (κ3) is 3.86. The highest BCUT2D eigenvalue weighted by Crippen LogP contribution is 2.29. The van der Waals surface area contributed by atoms with E-state index in [0.29, 0.717) is 38.4 Å². The molecule has 9 heteroatoms. The molecule has 0 atom stereocenters.